The molecule has 114 valence electrons. The van der Waals surface area contributed by atoms with Crippen LogP contribution in [0.4, 0.5) is 0 Å². The van der Waals surface area contributed by atoms with E-state index in [1.54, 1.807) is 6.08 Å². The minimum Gasteiger partial charge on any atom is -0.457 e. The number of allylic oxidation sites excluding steroid dienone is 1. The van der Waals surface area contributed by atoms with E-state index in [1.807, 2.05) is 55.5 Å². The highest BCUT2D eigenvalue weighted by atomic mass is 16.5. The summed E-state index contributed by atoms with van der Waals surface area (Å²) in [6, 6.07) is 19.5. The topological polar surface area (TPSA) is 56.8 Å². The summed E-state index contributed by atoms with van der Waals surface area (Å²) < 4.78 is 5.80. The number of benzene rings is 2. The number of nitrogens with zero attached hydrogens (tertiary/aromatic N) is 2. The molecule has 0 saturated heterocycles. The van der Waals surface area contributed by atoms with Gasteiger partial charge in [0.05, 0.1) is 12.1 Å². The molecule has 0 aliphatic rings. The molecule has 0 aliphatic heterocycles. The molecule has 3 nitrogen and oxygen atoms in total. The van der Waals surface area contributed by atoms with Crippen molar-refractivity contribution in [2.75, 3.05) is 0 Å². The molecular weight excluding hydrogens is 284 g/mol. The lowest BCUT2D eigenvalue weighted by Crippen LogP contribution is -2.18. The van der Waals surface area contributed by atoms with Crippen LogP contribution in [0.5, 0.6) is 11.5 Å². The summed E-state index contributed by atoms with van der Waals surface area (Å²) in [4.78, 5) is 0. The van der Waals surface area contributed by atoms with Crippen LogP contribution in [0, 0.1) is 35.0 Å². The van der Waals surface area contributed by atoms with Gasteiger partial charge in [-0.25, -0.2) is 0 Å². The third kappa shape index (κ3) is 4.22. The highest BCUT2D eigenvalue weighted by Crippen LogP contribution is 2.28. The zero-order valence-electron chi connectivity index (χ0n) is 13.1. The van der Waals surface area contributed by atoms with E-state index in [9.17, 15) is 10.5 Å². The van der Waals surface area contributed by atoms with Crippen LogP contribution < -0.4 is 4.74 Å². The molecule has 2 aromatic carbocycles. The van der Waals surface area contributed by atoms with E-state index >= 15 is 0 Å². The molecule has 0 aliphatic carbocycles. The second kappa shape index (κ2) is 7.29. The van der Waals surface area contributed by atoms with E-state index in [1.165, 1.54) is 0 Å². The Morgan fingerprint density at radius 2 is 1.78 bits per heavy atom. The Morgan fingerprint density at radius 1 is 1.09 bits per heavy atom. The molecule has 0 N–H and O–H groups in total. The first-order chi connectivity index (χ1) is 11.1. The van der Waals surface area contributed by atoms with Crippen molar-refractivity contribution in [3.63, 3.8) is 0 Å². The van der Waals surface area contributed by atoms with Gasteiger partial charge < -0.3 is 4.74 Å². The lowest BCUT2D eigenvalue weighted by Gasteiger charge is -2.16. The van der Waals surface area contributed by atoms with Crippen molar-refractivity contribution in [2.45, 2.75) is 19.8 Å². The van der Waals surface area contributed by atoms with Crippen molar-refractivity contribution < 1.29 is 4.74 Å². The molecule has 0 bridgehead atoms. The Labute approximate surface area is 137 Å². The average molecular weight is 302 g/mol. The van der Waals surface area contributed by atoms with Gasteiger partial charge in [0.1, 0.15) is 11.5 Å². The van der Waals surface area contributed by atoms with Crippen LogP contribution in [-0.2, 0) is 6.42 Å². The number of rotatable bonds is 6. The fourth-order valence-electron chi connectivity index (χ4n) is 2.35. The van der Waals surface area contributed by atoms with Gasteiger partial charge >= 0.3 is 0 Å². The maximum absolute atomic E-state index is 9.30. The van der Waals surface area contributed by atoms with E-state index < -0.39 is 5.41 Å². The predicted octanol–water partition coefficient (Wildman–Crippen LogP) is 4.94. The molecule has 0 fully saturated rings. The third-order valence-electron chi connectivity index (χ3n) is 3.58. The zero-order valence-corrected chi connectivity index (χ0v) is 13.1. The summed E-state index contributed by atoms with van der Waals surface area (Å²) in [7, 11) is 0. The predicted molar refractivity (Wildman–Crippen MR) is 89.9 cm³/mol. The van der Waals surface area contributed by atoms with Crippen LogP contribution >= 0.6 is 0 Å². The molecule has 2 aromatic rings. The summed E-state index contributed by atoms with van der Waals surface area (Å²) in [5.74, 6) is 1.51. The highest BCUT2D eigenvalue weighted by Gasteiger charge is 2.28. The SMILES string of the molecule is C=CCC(C#N)(C#N)Cc1ccc(Oc2cccc(C)c2)cc1. The maximum Gasteiger partial charge on any atom is 0.151 e. The third-order valence-corrected chi connectivity index (χ3v) is 3.58. The summed E-state index contributed by atoms with van der Waals surface area (Å²) in [5, 5.41) is 18.6. The molecule has 0 aromatic heterocycles. The number of aryl methyl sites for hydroxylation is 1. The maximum atomic E-state index is 9.30. The Bertz CT molecular complexity index is 749. The molecule has 0 radical (unpaired) electrons. The van der Waals surface area contributed by atoms with Crippen LogP contribution in [0.3, 0.4) is 0 Å². The molecule has 3 heteroatoms. The lowest BCUT2D eigenvalue weighted by atomic mass is 9.81. The first kappa shape index (κ1) is 16.3. The van der Waals surface area contributed by atoms with Crippen molar-refractivity contribution in [1.82, 2.24) is 0 Å². The Hall–Kier alpha value is -3.04. The standard InChI is InChI=1S/C20H18N2O/c1-3-11-20(14-21,15-22)13-17-7-9-18(10-8-17)23-19-6-4-5-16(2)12-19/h3-10,12H,1,11,13H2,2H3. The van der Waals surface area contributed by atoms with Gasteiger partial charge in [-0.3, -0.25) is 0 Å². The van der Waals surface area contributed by atoms with E-state index in [2.05, 4.69) is 18.7 Å². The Balaban J connectivity index is 2.12. The van der Waals surface area contributed by atoms with Crippen LogP contribution in [0.25, 0.3) is 0 Å². The molecule has 0 spiro atoms. The van der Waals surface area contributed by atoms with Crippen molar-refractivity contribution in [1.29, 1.82) is 10.5 Å². The van der Waals surface area contributed by atoms with E-state index in [-0.39, 0.29) is 0 Å². The first-order valence-electron chi connectivity index (χ1n) is 7.38. The average Bonchev–Trinajstić information content (AvgIpc) is 2.56. The molecule has 0 atom stereocenters. The number of hydrogen-bond acceptors (Lipinski definition) is 3. The second-order valence-corrected chi connectivity index (χ2v) is 5.54. The molecule has 2 rings (SSSR count). The summed E-state index contributed by atoms with van der Waals surface area (Å²) in [6.45, 7) is 5.64. The van der Waals surface area contributed by atoms with Crippen LogP contribution in [0.15, 0.2) is 61.2 Å². The van der Waals surface area contributed by atoms with Crippen LogP contribution in [0.1, 0.15) is 17.5 Å². The Kier molecular flexibility index (Phi) is 5.18. The molecule has 0 saturated carbocycles. The molecular formula is C20H18N2O. The Morgan fingerprint density at radius 3 is 2.35 bits per heavy atom. The smallest absolute Gasteiger partial charge is 0.151 e. The second-order valence-electron chi connectivity index (χ2n) is 5.54. The van der Waals surface area contributed by atoms with Gasteiger partial charge in [-0.05, 0) is 48.7 Å². The summed E-state index contributed by atoms with van der Waals surface area (Å²) >= 11 is 0. The molecule has 0 heterocycles. The summed E-state index contributed by atoms with van der Waals surface area (Å²) in [5.41, 5.74) is 1.00. The summed E-state index contributed by atoms with van der Waals surface area (Å²) in [6.07, 6.45) is 2.33. The minimum atomic E-state index is -1.05. The van der Waals surface area contributed by atoms with Crippen LogP contribution in [-0.4, -0.2) is 0 Å². The van der Waals surface area contributed by atoms with Gasteiger partial charge in [0, 0.05) is 6.42 Å². The fourth-order valence-corrected chi connectivity index (χ4v) is 2.35. The lowest BCUT2D eigenvalue weighted by molar-refractivity contribution is 0.481. The monoisotopic (exact) mass is 302 g/mol. The van der Waals surface area contributed by atoms with Crippen molar-refractivity contribution in [2.24, 2.45) is 5.41 Å². The zero-order chi connectivity index (χ0) is 16.7. The van der Waals surface area contributed by atoms with E-state index in [0.717, 1.165) is 22.6 Å². The van der Waals surface area contributed by atoms with Gasteiger partial charge in [0.15, 0.2) is 5.41 Å². The van der Waals surface area contributed by atoms with E-state index in [4.69, 9.17) is 4.74 Å². The fraction of sp³-hybridized carbons (Fsp3) is 0.200. The van der Waals surface area contributed by atoms with E-state index in [0.29, 0.717) is 12.8 Å². The number of ether oxygens (including phenoxy) is 1. The molecule has 0 unspecified atom stereocenters. The molecule has 23 heavy (non-hydrogen) atoms. The highest BCUT2D eigenvalue weighted by molar-refractivity contribution is 5.36. The van der Waals surface area contributed by atoms with Crippen LogP contribution in [0.2, 0.25) is 0 Å². The van der Waals surface area contributed by atoms with Gasteiger partial charge in [-0.15, -0.1) is 6.58 Å². The van der Waals surface area contributed by atoms with Gasteiger partial charge in [-0.2, -0.15) is 10.5 Å². The van der Waals surface area contributed by atoms with Crippen molar-refractivity contribution in [3.8, 4) is 23.6 Å². The quantitative estimate of drug-likeness (QED) is 0.710. The van der Waals surface area contributed by atoms with Crippen molar-refractivity contribution >= 4 is 0 Å². The number of hydrogen-bond donors (Lipinski definition) is 0. The molecule has 0 amide bonds. The van der Waals surface area contributed by atoms with Gasteiger partial charge in [0.25, 0.3) is 0 Å². The first-order valence-corrected chi connectivity index (χ1v) is 7.38. The van der Waals surface area contributed by atoms with Gasteiger partial charge in [0.2, 0.25) is 0 Å². The van der Waals surface area contributed by atoms with Gasteiger partial charge in [-0.1, -0.05) is 30.3 Å². The normalized spacial score (nSPS) is 10.4. The number of nitriles is 2. The minimum absolute atomic E-state index is 0.349. The van der Waals surface area contributed by atoms with Crippen molar-refractivity contribution in [3.05, 3.63) is 72.3 Å². The largest absolute Gasteiger partial charge is 0.457 e.